The third kappa shape index (κ3) is 5.68. The van der Waals surface area contributed by atoms with Crippen LogP contribution in [0.5, 0.6) is 0 Å². The van der Waals surface area contributed by atoms with E-state index in [2.05, 4.69) is 10.6 Å². The minimum atomic E-state index is -3.71. The number of piperidine rings is 1. The van der Waals surface area contributed by atoms with E-state index in [9.17, 15) is 18.0 Å². The molecule has 9 heteroatoms. The molecule has 1 aliphatic rings. The number of unbranched alkanes of at least 4 members (excludes halogenated alkanes) is 1. The van der Waals surface area contributed by atoms with E-state index in [4.69, 9.17) is 11.6 Å². The summed E-state index contributed by atoms with van der Waals surface area (Å²) in [7, 11) is -3.71. The number of para-hydroxylation sites is 1. The van der Waals surface area contributed by atoms with Crippen molar-refractivity contribution in [3.05, 3.63) is 58.6 Å². The monoisotopic (exact) mass is 477 g/mol. The van der Waals surface area contributed by atoms with Crippen LogP contribution in [0.3, 0.4) is 0 Å². The molecule has 2 amide bonds. The summed E-state index contributed by atoms with van der Waals surface area (Å²) in [5, 5.41) is 5.66. The van der Waals surface area contributed by atoms with E-state index in [1.54, 1.807) is 24.3 Å². The smallest absolute Gasteiger partial charge is 0.257 e. The largest absolute Gasteiger partial charge is 0.352 e. The number of carbonyl (C=O) groups excluding carboxylic acids is 2. The van der Waals surface area contributed by atoms with Crippen LogP contribution in [-0.2, 0) is 10.0 Å². The van der Waals surface area contributed by atoms with Crippen molar-refractivity contribution in [2.45, 2.75) is 43.9 Å². The molecule has 1 aliphatic heterocycles. The zero-order valence-electron chi connectivity index (χ0n) is 18.1. The Kier molecular flexibility index (Phi) is 8.28. The molecule has 2 aromatic rings. The SMILES string of the molecule is CCCCNC(=O)c1ccccc1NC(=O)c1cc(S(=O)(=O)N2CCCCC2)ccc1Cl. The van der Waals surface area contributed by atoms with Gasteiger partial charge in [-0.1, -0.05) is 43.5 Å². The Bertz CT molecular complexity index is 1080. The average Bonchev–Trinajstić information content (AvgIpc) is 2.80. The van der Waals surface area contributed by atoms with Gasteiger partial charge in [-0.05, 0) is 49.6 Å². The average molecular weight is 478 g/mol. The second-order valence-electron chi connectivity index (χ2n) is 7.72. The first-order chi connectivity index (χ1) is 15.3. The van der Waals surface area contributed by atoms with Crippen molar-refractivity contribution in [1.82, 2.24) is 9.62 Å². The van der Waals surface area contributed by atoms with E-state index in [1.165, 1.54) is 22.5 Å². The van der Waals surface area contributed by atoms with Gasteiger partial charge in [0.1, 0.15) is 0 Å². The minimum absolute atomic E-state index is 0.0274. The van der Waals surface area contributed by atoms with Crippen LogP contribution in [0.15, 0.2) is 47.4 Å². The third-order valence-corrected chi connectivity index (χ3v) is 7.60. The van der Waals surface area contributed by atoms with Crippen molar-refractivity contribution in [2.24, 2.45) is 0 Å². The normalized spacial score (nSPS) is 14.7. The Hall–Kier alpha value is -2.42. The van der Waals surface area contributed by atoms with E-state index in [1.807, 2.05) is 6.92 Å². The fraction of sp³-hybridized carbons (Fsp3) is 0.391. The fourth-order valence-electron chi connectivity index (χ4n) is 3.55. The molecule has 3 rings (SSSR count). The van der Waals surface area contributed by atoms with Gasteiger partial charge in [0.05, 0.1) is 26.7 Å². The second-order valence-corrected chi connectivity index (χ2v) is 10.1. The van der Waals surface area contributed by atoms with Crippen molar-refractivity contribution >= 4 is 39.1 Å². The molecule has 0 bridgehead atoms. The maximum atomic E-state index is 13.0. The third-order valence-electron chi connectivity index (χ3n) is 5.37. The molecule has 2 aromatic carbocycles. The lowest BCUT2D eigenvalue weighted by Crippen LogP contribution is -2.35. The van der Waals surface area contributed by atoms with Gasteiger partial charge in [-0.15, -0.1) is 0 Å². The summed E-state index contributed by atoms with van der Waals surface area (Å²) < 4.78 is 27.4. The van der Waals surface area contributed by atoms with Gasteiger partial charge >= 0.3 is 0 Å². The molecule has 1 heterocycles. The molecule has 0 radical (unpaired) electrons. The van der Waals surface area contributed by atoms with E-state index in [0.29, 0.717) is 30.9 Å². The van der Waals surface area contributed by atoms with Gasteiger partial charge < -0.3 is 10.6 Å². The van der Waals surface area contributed by atoms with Crippen molar-refractivity contribution in [3.63, 3.8) is 0 Å². The van der Waals surface area contributed by atoms with Crippen LogP contribution in [0.2, 0.25) is 5.02 Å². The van der Waals surface area contributed by atoms with E-state index >= 15 is 0 Å². The molecular weight excluding hydrogens is 450 g/mol. The highest BCUT2D eigenvalue weighted by molar-refractivity contribution is 7.89. The maximum absolute atomic E-state index is 13.0. The zero-order valence-corrected chi connectivity index (χ0v) is 19.6. The molecule has 0 atom stereocenters. The Morgan fingerprint density at radius 3 is 2.44 bits per heavy atom. The molecule has 172 valence electrons. The van der Waals surface area contributed by atoms with Crippen LogP contribution in [-0.4, -0.2) is 44.2 Å². The number of hydrogen-bond acceptors (Lipinski definition) is 4. The van der Waals surface area contributed by atoms with Gasteiger partial charge in [0.15, 0.2) is 0 Å². The van der Waals surface area contributed by atoms with Crippen LogP contribution >= 0.6 is 11.6 Å². The van der Waals surface area contributed by atoms with Gasteiger partial charge in [-0.25, -0.2) is 8.42 Å². The fourth-order valence-corrected chi connectivity index (χ4v) is 5.29. The summed E-state index contributed by atoms with van der Waals surface area (Å²) in [6, 6.07) is 10.8. The van der Waals surface area contributed by atoms with Crippen molar-refractivity contribution in [2.75, 3.05) is 25.0 Å². The van der Waals surface area contributed by atoms with Crippen LogP contribution < -0.4 is 10.6 Å². The number of rotatable bonds is 8. The van der Waals surface area contributed by atoms with Crippen LogP contribution in [0.25, 0.3) is 0 Å². The first kappa shape index (κ1) is 24.2. The van der Waals surface area contributed by atoms with Gasteiger partial charge in [0.2, 0.25) is 10.0 Å². The van der Waals surface area contributed by atoms with Crippen molar-refractivity contribution in [3.8, 4) is 0 Å². The Labute approximate surface area is 194 Å². The number of anilines is 1. The number of nitrogens with one attached hydrogen (secondary N) is 2. The van der Waals surface area contributed by atoms with Gasteiger partial charge in [-0.3, -0.25) is 9.59 Å². The summed E-state index contributed by atoms with van der Waals surface area (Å²) in [5.41, 5.74) is 0.683. The first-order valence-electron chi connectivity index (χ1n) is 10.8. The molecule has 0 unspecified atom stereocenters. The van der Waals surface area contributed by atoms with Crippen LogP contribution in [0.4, 0.5) is 5.69 Å². The molecule has 2 N–H and O–H groups in total. The number of nitrogens with zero attached hydrogens (tertiary/aromatic N) is 1. The quantitative estimate of drug-likeness (QED) is 0.554. The number of carbonyl (C=O) groups is 2. The summed E-state index contributed by atoms with van der Waals surface area (Å²) in [4.78, 5) is 25.5. The summed E-state index contributed by atoms with van der Waals surface area (Å²) in [6.07, 6.45) is 4.45. The molecule has 1 fully saturated rings. The van der Waals surface area contributed by atoms with Crippen LogP contribution in [0, 0.1) is 0 Å². The van der Waals surface area contributed by atoms with Gasteiger partial charge in [0.25, 0.3) is 11.8 Å². The lowest BCUT2D eigenvalue weighted by molar-refractivity contribution is 0.0954. The predicted octanol–water partition coefficient (Wildman–Crippen LogP) is 4.30. The minimum Gasteiger partial charge on any atom is -0.352 e. The van der Waals surface area contributed by atoms with E-state index in [0.717, 1.165) is 32.1 Å². The number of amides is 2. The predicted molar refractivity (Wildman–Crippen MR) is 126 cm³/mol. The van der Waals surface area contributed by atoms with Crippen molar-refractivity contribution in [1.29, 1.82) is 0 Å². The molecule has 7 nitrogen and oxygen atoms in total. The van der Waals surface area contributed by atoms with Crippen LogP contribution in [0.1, 0.15) is 59.7 Å². The summed E-state index contributed by atoms with van der Waals surface area (Å²) >= 11 is 6.23. The Morgan fingerprint density at radius 2 is 1.72 bits per heavy atom. The number of halogens is 1. The lowest BCUT2D eigenvalue weighted by atomic mass is 10.1. The highest BCUT2D eigenvalue weighted by Crippen LogP contribution is 2.26. The topological polar surface area (TPSA) is 95.6 Å². The van der Waals surface area contributed by atoms with Gasteiger partial charge in [-0.2, -0.15) is 4.31 Å². The lowest BCUT2D eigenvalue weighted by Gasteiger charge is -2.26. The second kappa shape index (κ2) is 10.9. The molecule has 1 saturated heterocycles. The summed E-state index contributed by atoms with van der Waals surface area (Å²) in [5.74, 6) is -0.874. The standard InChI is InChI=1S/C23H28ClN3O4S/c1-2-3-13-25-22(28)18-9-5-6-10-21(18)26-23(29)19-16-17(11-12-20(19)24)32(30,31)27-14-7-4-8-15-27/h5-6,9-12,16H,2-4,7-8,13-15H2,1H3,(H,25,28)(H,26,29). The molecule has 0 spiro atoms. The first-order valence-corrected chi connectivity index (χ1v) is 12.6. The van der Waals surface area contributed by atoms with Gasteiger partial charge in [0, 0.05) is 19.6 Å². The van der Waals surface area contributed by atoms with Crippen molar-refractivity contribution < 1.29 is 18.0 Å². The number of benzene rings is 2. The van der Waals surface area contributed by atoms with E-state index < -0.39 is 15.9 Å². The molecular formula is C23H28ClN3O4S. The summed E-state index contributed by atoms with van der Waals surface area (Å²) in [6.45, 7) is 3.50. The van der Waals surface area contributed by atoms with E-state index in [-0.39, 0.29) is 21.4 Å². The number of hydrogen-bond donors (Lipinski definition) is 2. The Balaban J connectivity index is 1.83. The zero-order chi connectivity index (χ0) is 23.1. The highest BCUT2D eigenvalue weighted by atomic mass is 35.5. The molecule has 0 aliphatic carbocycles. The molecule has 0 aromatic heterocycles. The number of sulfonamides is 1. The maximum Gasteiger partial charge on any atom is 0.257 e. The molecule has 32 heavy (non-hydrogen) atoms. The Morgan fingerprint density at radius 1 is 1.00 bits per heavy atom. The molecule has 0 saturated carbocycles. The highest BCUT2D eigenvalue weighted by Gasteiger charge is 2.27.